The summed E-state index contributed by atoms with van der Waals surface area (Å²) in [7, 11) is 0. The highest BCUT2D eigenvalue weighted by atomic mass is 19.1. The Morgan fingerprint density at radius 2 is 1.92 bits per heavy atom. The van der Waals surface area contributed by atoms with Crippen molar-refractivity contribution < 1.29 is 13.9 Å². The predicted octanol–water partition coefficient (Wildman–Crippen LogP) is 1.67. The maximum atomic E-state index is 13.4. The lowest BCUT2D eigenvalue weighted by molar-refractivity contribution is -0.123. The van der Waals surface area contributed by atoms with Crippen LogP contribution in [-0.4, -0.2) is 38.6 Å². The third-order valence-corrected chi connectivity index (χ3v) is 3.35. The molecule has 8 heteroatoms. The largest absolute Gasteiger partial charge is 0.481 e. The van der Waals surface area contributed by atoms with Gasteiger partial charge in [0.2, 0.25) is 0 Å². The van der Waals surface area contributed by atoms with Crippen LogP contribution >= 0.6 is 0 Å². The Morgan fingerprint density at radius 3 is 2.72 bits per heavy atom. The maximum absolute atomic E-state index is 13.4. The first-order valence-electron chi connectivity index (χ1n) is 7.66. The molecular formula is C17H16FN5O2. The van der Waals surface area contributed by atoms with Crippen molar-refractivity contribution in [2.75, 3.05) is 13.2 Å². The number of benzene rings is 1. The molecule has 3 rings (SSSR count). The molecule has 0 saturated heterocycles. The van der Waals surface area contributed by atoms with E-state index in [1.165, 1.54) is 12.1 Å². The second-order valence-corrected chi connectivity index (χ2v) is 5.09. The van der Waals surface area contributed by atoms with Gasteiger partial charge in [0.05, 0.1) is 0 Å². The number of imidazole rings is 1. The van der Waals surface area contributed by atoms with Gasteiger partial charge in [-0.05, 0) is 18.2 Å². The van der Waals surface area contributed by atoms with Crippen molar-refractivity contribution in [1.29, 1.82) is 0 Å². The minimum absolute atomic E-state index is 0.0516. The zero-order valence-electron chi connectivity index (χ0n) is 13.3. The van der Waals surface area contributed by atoms with Crippen LogP contribution in [-0.2, 0) is 11.3 Å². The second kappa shape index (κ2) is 8.00. The summed E-state index contributed by atoms with van der Waals surface area (Å²) in [5.74, 6) is 0.358. The fourth-order valence-corrected chi connectivity index (χ4v) is 2.18. The van der Waals surface area contributed by atoms with Crippen LogP contribution in [0, 0.1) is 5.82 Å². The molecule has 0 atom stereocenters. The monoisotopic (exact) mass is 341 g/mol. The van der Waals surface area contributed by atoms with Crippen LogP contribution in [0.2, 0.25) is 0 Å². The summed E-state index contributed by atoms with van der Waals surface area (Å²) in [4.78, 5) is 24.3. The Kier molecular flexibility index (Phi) is 5.30. The number of rotatable bonds is 7. The van der Waals surface area contributed by atoms with Crippen LogP contribution in [0.4, 0.5) is 4.39 Å². The first-order valence-corrected chi connectivity index (χ1v) is 7.66. The van der Waals surface area contributed by atoms with Crippen molar-refractivity contribution in [3.8, 4) is 17.4 Å². The number of nitrogens with one attached hydrogen (secondary N) is 1. The first kappa shape index (κ1) is 16.6. The van der Waals surface area contributed by atoms with Crippen molar-refractivity contribution >= 4 is 5.91 Å². The summed E-state index contributed by atoms with van der Waals surface area (Å²) in [6, 6.07) is 7.68. The third kappa shape index (κ3) is 4.37. The van der Waals surface area contributed by atoms with E-state index in [-0.39, 0.29) is 18.3 Å². The summed E-state index contributed by atoms with van der Waals surface area (Å²) in [5, 5.41) is 2.71. The molecule has 0 aliphatic carbocycles. The molecule has 25 heavy (non-hydrogen) atoms. The highest BCUT2D eigenvalue weighted by Gasteiger charge is 2.09. The van der Waals surface area contributed by atoms with Gasteiger partial charge in [0.25, 0.3) is 5.91 Å². The highest BCUT2D eigenvalue weighted by molar-refractivity contribution is 5.77. The Morgan fingerprint density at radius 1 is 1.12 bits per heavy atom. The number of amides is 1. The molecule has 1 amide bonds. The number of nitrogens with zero attached hydrogens (tertiary/aromatic N) is 4. The summed E-state index contributed by atoms with van der Waals surface area (Å²) >= 11 is 0. The molecule has 0 unspecified atom stereocenters. The molecule has 3 aromatic rings. The number of ether oxygens (including phenoxy) is 1. The van der Waals surface area contributed by atoms with Crippen LogP contribution in [0.1, 0.15) is 0 Å². The predicted molar refractivity (Wildman–Crippen MR) is 88.2 cm³/mol. The standard InChI is InChI=1S/C17H16FN5O2/c18-13-4-1-2-5-14(13)25-12-15(24)19-8-10-23-11-9-22-17(23)16-20-6-3-7-21-16/h1-7,9,11H,8,10,12H2,(H,19,24). The number of aromatic nitrogens is 4. The number of para-hydroxylation sites is 1. The lowest BCUT2D eigenvalue weighted by Crippen LogP contribution is -2.31. The Hall–Kier alpha value is -3.29. The van der Waals surface area contributed by atoms with Gasteiger partial charge in [-0.2, -0.15) is 0 Å². The van der Waals surface area contributed by atoms with Crippen molar-refractivity contribution in [2.45, 2.75) is 6.54 Å². The molecule has 1 aromatic carbocycles. The molecule has 0 aliphatic heterocycles. The number of halogens is 1. The molecule has 0 radical (unpaired) electrons. The van der Waals surface area contributed by atoms with E-state index in [9.17, 15) is 9.18 Å². The topological polar surface area (TPSA) is 81.9 Å². The normalized spacial score (nSPS) is 10.4. The van der Waals surface area contributed by atoms with E-state index in [2.05, 4.69) is 20.3 Å². The summed E-state index contributed by atoms with van der Waals surface area (Å²) in [6.45, 7) is 0.619. The zero-order valence-corrected chi connectivity index (χ0v) is 13.3. The summed E-state index contributed by atoms with van der Waals surface area (Å²) < 4.78 is 20.4. The van der Waals surface area contributed by atoms with Crippen LogP contribution < -0.4 is 10.1 Å². The number of hydrogen-bond donors (Lipinski definition) is 1. The lowest BCUT2D eigenvalue weighted by Gasteiger charge is -2.09. The van der Waals surface area contributed by atoms with Gasteiger partial charge in [0.15, 0.2) is 29.8 Å². The summed E-state index contributed by atoms with van der Waals surface area (Å²) in [5.41, 5.74) is 0. The van der Waals surface area contributed by atoms with E-state index in [0.29, 0.717) is 24.7 Å². The molecular weight excluding hydrogens is 325 g/mol. The molecule has 2 heterocycles. The molecule has 0 bridgehead atoms. The van der Waals surface area contributed by atoms with Gasteiger partial charge in [-0.25, -0.2) is 19.3 Å². The van der Waals surface area contributed by atoms with Crippen molar-refractivity contribution in [2.24, 2.45) is 0 Å². The molecule has 0 fully saturated rings. The SMILES string of the molecule is O=C(COc1ccccc1F)NCCn1ccnc1-c1ncccn1. The average Bonchev–Trinajstić information content (AvgIpc) is 3.10. The van der Waals surface area contributed by atoms with E-state index in [4.69, 9.17) is 4.74 Å². The molecule has 1 N–H and O–H groups in total. The van der Waals surface area contributed by atoms with E-state index in [1.54, 1.807) is 43.0 Å². The van der Waals surface area contributed by atoms with Crippen LogP contribution in [0.15, 0.2) is 55.1 Å². The minimum Gasteiger partial charge on any atom is -0.481 e. The van der Waals surface area contributed by atoms with Gasteiger partial charge in [-0.1, -0.05) is 12.1 Å². The van der Waals surface area contributed by atoms with E-state index >= 15 is 0 Å². The quantitative estimate of drug-likeness (QED) is 0.707. The summed E-state index contributed by atoms with van der Waals surface area (Å²) in [6.07, 6.45) is 6.72. The van der Waals surface area contributed by atoms with Crippen LogP contribution in [0.5, 0.6) is 5.75 Å². The molecule has 128 valence electrons. The fraction of sp³-hybridized carbons (Fsp3) is 0.176. The zero-order chi connectivity index (χ0) is 17.5. The maximum Gasteiger partial charge on any atom is 0.258 e. The number of carbonyl (C=O) groups excluding carboxylic acids is 1. The molecule has 0 aliphatic rings. The van der Waals surface area contributed by atoms with Crippen LogP contribution in [0.3, 0.4) is 0 Å². The molecule has 7 nitrogen and oxygen atoms in total. The molecule has 0 saturated carbocycles. The second-order valence-electron chi connectivity index (χ2n) is 5.09. The van der Waals surface area contributed by atoms with E-state index < -0.39 is 5.82 Å². The smallest absolute Gasteiger partial charge is 0.258 e. The van der Waals surface area contributed by atoms with E-state index in [1.807, 2.05) is 4.57 Å². The van der Waals surface area contributed by atoms with Gasteiger partial charge in [-0.3, -0.25) is 4.79 Å². The van der Waals surface area contributed by atoms with Crippen LogP contribution in [0.25, 0.3) is 11.6 Å². The number of carbonyl (C=O) groups is 1. The van der Waals surface area contributed by atoms with Gasteiger partial charge in [0, 0.05) is 37.9 Å². The van der Waals surface area contributed by atoms with Gasteiger partial charge >= 0.3 is 0 Å². The Labute approximate surface area is 143 Å². The third-order valence-electron chi connectivity index (χ3n) is 3.35. The average molecular weight is 341 g/mol. The first-order chi connectivity index (χ1) is 12.2. The van der Waals surface area contributed by atoms with Gasteiger partial charge < -0.3 is 14.6 Å². The Bertz CT molecular complexity index is 838. The van der Waals surface area contributed by atoms with E-state index in [0.717, 1.165) is 0 Å². The number of hydrogen-bond acceptors (Lipinski definition) is 5. The van der Waals surface area contributed by atoms with Crippen molar-refractivity contribution in [1.82, 2.24) is 24.8 Å². The fourth-order valence-electron chi connectivity index (χ4n) is 2.18. The van der Waals surface area contributed by atoms with Crippen molar-refractivity contribution in [3.05, 3.63) is 60.9 Å². The molecule has 2 aromatic heterocycles. The Balaban J connectivity index is 1.48. The lowest BCUT2D eigenvalue weighted by atomic mass is 10.3. The van der Waals surface area contributed by atoms with Gasteiger partial charge in [-0.15, -0.1) is 0 Å². The van der Waals surface area contributed by atoms with Crippen molar-refractivity contribution in [3.63, 3.8) is 0 Å². The highest BCUT2D eigenvalue weighted by Crippen LogP contribution is 2.15. The molecule has 0 spiro atoms. The van der Waals surface area contributed by atoms with Gasteiger partial charge in [0.1, 0.15) is 0 Å². The minimum atomic E-state index is -0.499.